The van der Waals surface area contributed by atoms with Crippen LogP contribution in [0.2, 0.25) is 0 Å². The summed E-state index contributed by atoms with van der Waals surface area (Å²) in [4.78, 5) is 35.0. The largest absolute Gasteiger partial charge is 0.443 e. The molecule has 0 aromatic carbocycles. The number of hydrogen-bond acceptors (Lipinski definition) is 9. The van der Waals surface area contributed by atoms with Gasteiger partial charge in [-0.1, -0.05) is 12.1 Å². The predicted octanol–water partition coefficient (Wildman–Crippen LogP) is 4.47. The second-order valence-electron chi connectivity index (χ2n) is 9.28. The van der Waals surface area contributed by atoms with E-state index in [2.05, 4.69) is 9.97 Å². The molecule has 11 heteroatoms. The average Bonchev–Trinajstić information content (AvgIpc) is 2.59. The maximum atomic E-state index is 12.9. The fourth-order valence-electron chi connectivity index (χ4n) is 2.45. The van der Waals surface area contributed by atoms with Gasteiger partial charge in [0.1, 0.15) is 17.0 Å². The van der Waals surface area contributed by atoms with Crippen LogP contribution in [0.5, 0.6) is 5.88 Å². The molecule has 10 nitrogen and oxygen atoms in total. The van der Waals surface area contributed by atoms with Gasteiger partial charge in [0, 0.05) is 5.56 Å². The van der Waals surface area contributed by atoms with Gasteiger partial charge in [0.15, 0.2) is 0 Å². The van der Waals surface area contributed by atoms with Crippen LogP contribution in [-0.2, 0) is 19.6 Å². The summed E-state index contributed by atoms with van der Waals surface area (Å²) < 4.78 is 38.7. The highest BCUT2D eigenvalue weighted by molar-refractivity contribution is 7.86. The molecule has 0 aliphatic heterocycles. The standard InChI is InChI=1S/C22H29N3O7S/c1-14-12-13-16(24-18(14)32-33(8,28)29)15-10-9-11-17(23-15)25(19(26)30-21(2,3)4)20(27)31-22(5,6)7/h9-13H,1-8H3. The normalized spacial score (nSPS) is 12.1. The van der Waals surface area contributed by atoms with Crippen LogP contribution in [0.15, 0.2) is 30.3 Å². The second kappa shape index (κ2) is 9.34. The fraction of sp³-hybridized carbons (Fsp3) is 0.455. The van der Waals surface area contributed by atoms with Gasteiger partial charge in [-0.15, -0.1) is 0 Å². The summed E-state index contributed by atoms with van der Waals surface area (Å²) in [6.07, 6.45) is -1.00. The number of aromatic nitrogens is 2. The smallest absolute Gasteiger partial charge is 0.425 e. The van der Waals surface area contributed by atoms with Gasteiger partial charge in [-0.05, 0) is 66.7 Å². The van der Waals surface area contributed by atoms with Gasteiger partial charge in [-0.2, -0.15) is 13.3 Å². The minimum Gasteiger partial charge on any atom is -0.443 e. The zero-order valence-electron chi connectivity index (χ0n) is 20.0. The Labute approximate surface area is 194 Å². The first-order valence-corrected chi connectivity index (χ1v) is 11.9. The number of nitrogens with zero attached hydrogens (tertiary/aromatic N) is 3. The molecule has 0 radical (unpaired) electrons. The summed E-state index contributed by atoms with van der Waals surface area (Å²) in [7, 11) is -3.79. The van der Waals surface area contributed by atoms with Crippen molar-refractivity contribution in [2.75, 3.05) is 11.2 Å². The van der Waals surface area contributed by atoms with E-state index in [-0.39, 0.29) is 23.1 Å². The molecule has 0 aliphatic carbocycles. The van der Waals surface area contributed by atoms with E-state index >= 15 is 0 Å². The summed E-state index contributed by atoms with van der Waals surface area (Å²) in [6.45, 7) is 11.7. The first-order valence-electron chi connectivity index (χ1n) is 10.1. The summed E-state index contributed by atoms with van der Waals surface area (Å²) in [5.74, 6) is -0.151. The first-order chi connectivity index (χ1) is 15.0. The van der Waals surface area contributed by atoms with Crippen molar-refractivity contribution in [2.24, 2.45) is 0 Å². The molecule has 33 heavy (non-hydrogen) atoms. The molecule has 0 saturated carbocycles. The molecule has 0 N–H and O–H groups in total. The van der Waals surface area contributed by atoms with Gasteiger partial charge in [-0.3, -0.25) is 0 Å². The van der Waals surface area contributed by atoms with E-state index < -0.39 is 33.5 Å². The van der Waals surface area contributed by atoms with Gasteiger partial charge < -0.3 is 13.7 Å². The number of rotatable bonds is 4. The zero-order chi connectivity index (χ0) is 25.2. The minimum atomic E-state index is -3.79. The van der Waals surface area contributed by atoms with Crippen molar-refractivity contribution in [3.63, 3.8) is 0 Å². The highest BCUT2D eigenvalue weighted by atomic mass is 32.2. The summed E-state index contributed by atoms with van der Waals surface area (Å²) in [6, 6.07) is 7.84. The SMILES string of the molecule is Cc1ccc(-c2cccc(N(C(=O)OC(C)(C)C)C(=O)OC(C)(C)C)n2)nc1OS(C)(=O)=O. The van der Waals surface area contributed by atoms with Crippen molar-refractivity contribution in [1.82, 2.24) is 9.97 Å². The topological polar surface area (TPSA) is 125 Å². The number of aryl methyl sites for hydroxylation is 1. The number of amides is 2. The predicted molar refractivity (Wildman–Crippen MR) is 123 cm³/mol. The van der Waals surface area contributed by atoms with E-state index in [1.807, 2.05) is 0 Å². The lowest BCUT2D eigenvalue weighted by Crippen LogP contribution is -2.44. The number of carbonyl (C=O) groups is 2. The van der Waals surface area contributed by atoms with Crippen LogP contribution in [0.4, 0.5) is 15.4 Å². The molecule has 0 saturated heterocycles. The number of imide groups is 1. The van der Waals surface area contributed by atoms with E-state index in [0.717, 1.165) is 6.26 Å². The van der Waals surface area contributed by atoms with Crippen molar-refractivity contribution in [2.45, 2.75) is 59.7 Å². The Balaban J connectivity index is 2.53. The van der Waals surface area contributed by atoms with Crippen molar-refractivity contribution in [3.05, 3.63) is 35.9 Å². The Morgan fingerprint density at radius 3 is 1.85 bits per heavy atom. The number of carbonyl (C=O) groups excluding carboxylic acids is 2. The number of anilines is 1. The molecule has 2 aromatic rings. The molecular weight excluding hydrogens is 450 g/mol. The third kappa shape index (κ3) is 8.01. The molecule has 0 unspecified atom stereocenters. The highest BCUT2D eigenvalue weighted by Gasteiger charge is 2.33. The number of pyridine rings is 2. The molecule has 0 bridgehead atoms. The molecule has 2 heterocycles. The van der Waals surface area contributed by atoms with Crippen LogP contribution >= 0.6 is 0 Å². The van der Waals surface area contributed by atoms with Crippen molar-refractivity contribution in [1.29, 1.82) is 0 Å². The van der Waals surface area contributed by atoms with Crippen LogP contribution in [0, 0.1) is 6.92 Å². The third-order valence-electron chi connectivity index (χ3n) is 3.66. The number of ether oxygens (including phenoxy) is 2. The first kappa shape index (κ1) is 26.0. The van der Waals surface area contributed by atoms with E-state index in [1.165, 1.54) is 6.07 Å². The average molecular weight is 480 g/mol. The maximum absolute atomic E-state index is 12.9. The molecule has 0 aliphatic rings. The summed E-state index contributed by atoms with van der Waals surface area (Å²) >= 11 is 0. The van der Waals surface area contributed by atoms with Gasteiger partial charge in [0.05, 0.1) is 17.6 Å². The quantitative estimate of drug-likeness (QED) is 0.584. The summed E-state index contributed by atoms with van der Waals surface area (Å²) in [5, 5.41) is 0. The Morgan fingerprint density at radius 1 is 0.848 bits per heavy atom. The maximum Gasteiger partial charge on any atom is 0.425 e. The van der Waals surface area contributed by atoms with Crippen LogP contribution in [0.1, 0.15) is 47.1 Å². The van der Waals surface area contributed by atoms with Gasteiger partial charge in [-0.25, -0.2) is 19.6 Å². The Hall–Kier alpha value is -3.21. The lowest BCUT2D eigenvalue weighted by molar-refractivity contribution is 0.0429. The monoisotopic (exact) mass is 479 g/mol. The lowest BCUT2D eigenvalue weighted by atomic mass is 10.2. The van der Waals surface area contributed by atoms with Gasteiger partial charge >= 0.3 is 22.3 Å². The van der Waals surface area contributed by atoms with E-state index in [9.17, 15) is 18.0 Å². The van der Waals surface area contributed by atoms with Crippen molar-refractivity contribution < 1.29 is 31.7 Å². The van der Waals surface area contributed by atoms with Crippen molar-refractivity contribution >= 4 is 28.1 Å². The van der Waals surface area contributed by atoms with Crippen LogP contribution in [-0.4, -0.2) is 48.0 Å². The number of hydrogen-bond donors (Lipinski definition) is 0. The highest BCUT2D eigenvalue weighted by Crippen LogP contribution is 2.26. The van der Waals surface area contributed by atoms with Crippen molar-refractivity contribution in [3.8, 4) is 17.3 Å². The lowest BCUT2D eigenvalue weighted by Gasteiger charge is -2.28. The molecule has 0 atom stereocenters. The van der Waals surface area contributed by atoms with Crippen LogP contribution < -0.4 is 9.08 Å². The fourth-order valence-corrected chi connectivity index (χ4v) is 2.90. The van der Waals surface area contributed by atoms with E-state index in [4.69, 9.17) is 13.7 Å². The molecule has 2 amide bonds. The Morgan fingerprint density at radius 2 is 1.36 bits per heavy atom. The molecular formula is C22H29N3O7S. The molecule has 180 valence electrons. The van der Waals surface area contributed by atoms with Gasteiger partial charge in [0.2, 0.25) is 5.88 Å². The third-order valence-corrected chi connectivity index (χ3v) is 4.12. The molecule has 0 spiro atoms. The van der Waals surface area contributed by atoms with E-state index in [0.29, 0.717) is 10.5 Å². The van der Waals surface area contributed by atoms with Gasteiger partial charge in [0.25, 0.3) is 0 Å². The second-order valence-corrected chi connectivity index (χ2v) is 10.9. The van der Waals surface area contributed by atoms with E-state index in [1.54, 1.807) is 72.7 Å². The Kier molecular flexibility index (Phi) is 7.37. The minimum absolute atomic E-state index is 0.0519. The molecule has 2 rings (SSSR count). The summed E-state index contributed by atoms with van der Waals surface area (Å²) in [5.41, 5.74) is -0.696. The Bertz CT molecular complexity index is 1120. The zero-order valence-corrected chi connectivity index (χ0v) is 20.8. The molecule has 2 aromatic heterocycles. The van der Waals surface area contributed by atoms with Crippen LogP contribution in [0.3, 0.4) is 0 Å². The molecule has 0 fully saturated rings. The van der Waals surface area contributed by atoms with Crippen LogP contribution in [0.25, 0.3) is 11.4 Å².